The second-order valence-corrected chi connectivity index (χ2v) is 5.15. The standard InChI is InChI=1S/C13H26N2O2/c1-4-13(2,17-3)12(16)15-11(9-14)10-7-5-6-8-10/h10-11H,4-9,14H2,1-3H3,(H,15,16). The molecule has 0 bridgehead atoms. The van der Waals surface area contributed by atoms with Crippen LogP contribution in [0, 0.1) is 5.92 Å². The van der Waals surface area contributed by atoms with Crippen LogP contribution in [0.5, 0.6) is 0 Å². The summed E-state index contributed by atoms with van der Waals surface area (Å²) in [7, 11) is 1.58. The summed E-state index contributed by atoms with van der Waals surface area (Å²) in [5.41, 5.74) is 5.04. The number of carbonyl (C=O) groups is 1. The third-order valence-corrected chi connectivity index (χ3v) is 4.14. The summed E-state index contributed by atoms with van der Waals surface area (Å²) in [4.78, 5) is 12.2. The molecule has 1 saturated carbocycles. The molecule has 2 atom stereocenters. The predicted octanol–water partition coefficient (Wildman–Crippen LogP) is 1.44. The number of nitrogens with two attached hydrogens (primary N) is 1. The first-order chi connectivity index (χ1) is 8.07. The van der Waals surface area contributed by atoms with Crippen LogP contribution in [-0.4, -0.2) is 31.2 Å². The summed E-state index contributed by atoms with van der Waals surface area (Å²) in [6.45, 7) is 4.29. The van der Waals surface area contributed by atoms with Gasteiger partial charge < -0.3 is 15.8 Å². The highest BCUT2D eigenvalue weighted by Crippen LogP contribution is 2.28. The third kappa shape index (κ3) is 3.42. The summed E-state index contributed by atoms with van der Waals surface area (Å²) < 4.78 is 5.30. The number of ether oxygens (including phenoxy) is 1. The molecule has 100 valence electrons. The molecule has 0 aromatic carbocycles. The first-order valence-corrected chi connectivity index (χ1v) is 6.63. The van der Waals surface area contributed by atoms with Crippen LogP contribution in [0.15, 0.2) is 0 Å². The highest BCUT2D eigenvalue weighted by atomic mass is 16.5. The van der Waals surface area contributed by atoms with Crippen molar-refractivity contribution in [3.63, 3.8) is 0 Å². The number of hydrogen-bond acceptors (Lipinski definition) is 3. The maximum atomic E-state index is 12.2. The number of amides is 1. The molecule has 3 N–H and O–H groups in total. The Balaban J connectivity index is 2.58. The second-order valence-electron chi connectivity index (χ2n) is 5.15. The fourth-order valence-electron chi connectivity index (χ4n) is 2.45. The topological polar surface area (TPSA) is 64.3 Å². The maximum Gasteiger partial charge on any atom is 0.252 e. The van der Waals surface area contributed by atoms with Crippen LogP contribution in [0.25, 0.3) is 0 Å². The van der Waals surface area contributed by atoms with E-state index in [1.807, 2.05) is 13.8 Å². The molecule has 0 saturated heterocycles. The molecule has 1 aliphatic carbocycles. The van der Waals surface area contributed by atoms with E-state index < -0.39 is 5.60 Å². The zero-order chi connectivity index (χ0) is 12.9. The number of methoxy groups -OCH3 is 1. The van der Waals surface area contributed by atoms with Crippen molar-refractivity contribution in [2.45, 2.75) is 57.6 Å². The van der Waals surface area contributed by atoms with E-state index in [-0.39, 0.29) is 11.9 Å². The minimum atomic E-state index is -0.730. The molecule has 0 radical (unpaired) electrons. The highest BCUT2D eigenvalue weighted by Gasteiger charge is 2.34. The van der Waals surface area contributed by atoms with E-state index in [1.165, 1.54) is 25.7 Å². The Labute approximate surface area is 104 Å². The molecule has 0 aromatic rings. The second kappa shape index (κ2) is 6.36. The number of hydrogen-bond donors (Lipinski definition) is 2. The van der Waals surface area contributed by atoms with Crippen molar-refractivity contribution < 1.29 is 9.53 Å². The minimum Gasteiger partial charge on any atom is -0.369 e. The molecule has 0 aliphatic heterocycles. The van der Waals surface area contributed by atoms with Gasteiger partial charge in [-0.05, 0) is 32.1 Å². The monoisotopic (exact) mass is 242 g/mol. The molecule has 4 heteroatoms. The Hall–Kier alpha value is -0.610. The normalized spacial score (nSPS) is 22.1. The lowest BCUT2D eigenvalue weighted by Gasteiger charge is -2.30. The van der Waals surface area contributed by atoms with Gasteiger partial charge in [-0.3, -0.25) is 4.79 Å². The fourth-order valence-corrected chi connectivity index (χ4v) is 2.45. The first kappa shape index (κ1) is 14.5. The van der Waals surface area contributed by atoms with Crippen LogP contribution in [0.2, 0.25) is 0 Å². The van der Waals surface area contributed by atoms with Crippen molar-refractivity contribution in [2.75, 3.05) is 13.7 Å². The molecule has 0 heterocycles. The van der Waals surface area contributed by atoms with Gasteiger partial charge in [0.25, 0.3) is 5.91 Å². The van der Waals surface area contributed by atoms with E-state index in [1.54, 1.807) is 7.11 Å². The van der Waals surface area contributed by atoms with Crippen molar-refractivity contribution in [1.29, 1.82) is 0 Å². The largest absolute Gasteiger partial charge is 0.369 e. The van der Waals surface area contributed by atoms with E-state index >= 15 is 0 Å². The fraction of sp³-hybridized carbons (Fsp3) is 0.923. The smallest absolute Gasteiger partial charge is 0.252 e. The van der Waals surface area contributed by atoms with Crippen LogP contribution >= 0.6 is 0 Å². The number of nitrogens with one attached hydrogen (secondary N) is 1. The molecule has 4 nitrogen and oxygen atoms in total. The summed E-state index contributed by atoms with van der Waals surface area (Å²) >= 11 is 0. The van der Waals surface area contributed by atoms with Crippen molar-refractivity contribution in [3.8, 4) is 0 Å². The van der Waals surface area contributed by atoms with Crippen molar-refractivity contribution in [3.05, 3.63) is 0 Å². The molecule has 0 spiro atoms. The first-order valence-electron chi connectivity index (χ1n) is 6.63. The van der Waals surface area contributed by atoms with Gasteiger partial charge in [-0.2, -0.15) is 0 Å². The van der Waals surface area contributed by atoms with Crippen LogP contribution < -0.4 is 11.1 Å². The van der Waals surface area contributed by atoms with E-state index in [4.69, 9.17) is 10.5 Å². The highest BCUT2D eigenvalue weighted by molar-refractivity contribution is 5.85. The van der Waals surface area contributed by atoms with E-state index in [2.05, 4.69) is 5.32 Å². The van der Waals surface area contributed by atoms with Gasteiger partial charge in [0.1, 0.15) is 5.60 Å². The van der Waals surface area contributed by atoms with Gasteiger partial charge in [-0.1, -0.05) is 19.8 Å². The lowest BCUT2D eigenvalue weighted by atomic mass is 9.95. The molecular weight excluding hydrogens is 216 g/mol. The van der Waals surface area contributed by atoms with E-state index in [0.29, 0.717) is 18.9 Å². The molecule has 1 fully saturated rings. The average molecular weight is 242 g/mol. The number of rotatable bonds is 6. The molecule has 1 amide bonds. The van der Waals surface area contributed by atoms with Gasteiger partial charge in [0.15, 0.2) is 0 Å². The minimum absolute atomic E-state index is 0.0372. The molecule has 1 aliphatic rings. The quantitative estimate of drug-likeness (QED) is 0.740. The molecular formula is C13H26N2O2. The average Bonchev–Trinajstić information content (AvgIpc) is 2.88. The molecule has 2 unspecified atom stereocenters. The Morgan fingerprint density at radius 1 is 1.53 bits per heavy atom. The van der Waals surface area contributed by atoms with Crippen LogP contribution in [-0.2, 0) is 9.53 Å². The predicted molar refractivity (Wildman–Crippen MR) is 68.6 cm³/mol. The summed E-state index contributed by atoms with van der Waals surface area (Å²) in [5, 5.41) is 3.06. The van der Waals surface area contributed by atoms with Crippen molar-refractivity contribution in [1.82, 2.24) is 5.32 Å². The third-order valence-electron chi connectivity index (χ3n) is 4.14. The van der Waals surface area contributed by atoms with Gasteiger partial charge in [0.2, 0.25) is 0 Å². The molecule has 0 aromatic heterocycles. The Morgan fingerprint density at radius 3 is 2.53 bits per heavy atom. The zero-order valence-corrected chi connectivity index (χ0v) is 11.3. The van der Waals surface area contributed by atoms with Gasteiger partial charge >= 0.3 is 0 Å². The molecule has 17 heavy (non-hydrogen) atoms. The van der Waals surface area contributed by atoms with Crippen molar-refractivity contribution >= 4 is 5.91 Å². The lowest BCUT2D eigenvalue weighted by molar-refractivity contribution is -0.142. The van der Waals surface area contributed by atoms with Gasteiger partial charge in [0.05, 0.1) is 0 Å². The number of carbonyl (C=O) groups excluding carboxylic acids is 1. The van der Waals surface area contributed by atoms with Crippen LogP contribution in [0.4, 0.5) is 0 Å². The van der Waals surface area contributed by atoms with Crippen LogP contribution in [0.1, 0.15) is 46.0 Å². The van der Waals surface area contributed by atoms with Crippen LogP contribution in [0.3, 0.4) is 0 Å². The Kier molecular flexibility index (Phi) is 5.40. The summed E-state index contributed by atoms with van der Waals surface area (Å²) in [6, 6.07) is 0.103. The zero-order valence-electron chi connectivity index (χ0n) is 11.3. The summed E-state index contributed by atoms with van der Waals surface area (Å²) in [5.74, 6) is 0.506. The molecule has 1 rings (SSSR count). The van der Waals surface area contributed by atoms with Crippen molar-refractivity contribution in [2.24, 2.45) is 11.7 Å². The SMILES string of the molecule is CCC(C)(OC)C(=O)NC(CN)C1CCCC1. The summed E-state index contributed by atoms with van der Waals surface area (Å²) in [6.07, 6.45) is 5.53. The maximum absolute atomic E-state index is 12.2. The van der Waals surface area contributed by atoms with Gasteiger partial charge in [-0.15, -0.1) is 0 Å². The van der Waals surface area contributed by atoms with Gasteiger partial charge in [-0.25, -0.2) is 0 Å². The lowest BCUT2D eigenvalue weighted by Crippen LogP contribution is -2.53. The Bertz CT molecular complexity index is 246. The van der Waals surface area contributed by atoms with Gasteiger partial charge in [0, 0.05) is 19.7 Å². The Morgan fingerprint density at radius 2 is 2.12 bits per heavy atom. The van der Waals surface area contributed by atoms with E-state index in [9.17, 15) is 4.79 Å². The van der Waals surface area contributed by atoms with E-state index in [0.717, 1.165) is 0 Å².